The molecule has 0 radical (unpaired) electrons. The molecule has 8 heteroatoms. The van der Waals surface area contributed by atoms with E-state index in [9.17, 15) is 9.59 Å². The molecule has 0 bridgehead atoms. The van der Waals surface area contributed by atoms with Gasteiger partial charge >= 0.3 is 0 Å². The average Bonchev–Trinajstić information content (AvgIpc) is 3.57. The lowest BCUT2D eigenvalue weighted by atomic mass is 9.89. The van der Waals surface area contributed by atoms with Gasteiger partial charge in [0, 0.05) is 43.7 Å². The highest BCUT2D eigenvalue weighted by molar-refractivity contribution is 6.06. The Balaban J connectivity index is 1.46. The number of hydrogen-bond acceptors (Lipinski definition) is 6. The Morgan fingerprint density at radius 2 is 1.78 bits per heavy atom. The molecule has 0 atom stereocenters. The van der Waals surface area contributed by atoms with Gasteiger partial charge in [0.05, 0.1) is 16.6 Å². The van der Waals surface area contributed by atoms with Gasteiger partial charge in [0.25, 0.3) is 11.6 Å². The smallest absolute Gasteiger partial charge is 0.259 e. The highest BCUT2D eigenvalue weighted by Crippen LogP contribution is 2.41. The first-order valence-corrected chi connectivity index (χ1v) is 13.3. The fourth-order valence-corrected chi connectivity index (χ4v) is 5.31. The van der Waals surface area contributed by atoms with Crippen LogP contribution in [0.4, 0.5) is 0 Å². The molecule has 2 aromatic heterocycles. The number of hydrogen-bond donors (Lipinski definition) is 1. The molecule has 1 aliphatic heterocycles. The van der Waals surface area contributed by atoms with Crippen molar-refractivity contribution in [3.63, 3.8) is 0 Å². The Bertz CT molecular complexity index is 1100. The van der Waals surface area contributed by atoms with Crippen LogP contribution >= 0.6 is 0 Å². The number of piperidine rings is 1. The highest BCUT2D eigenvalue weighted by atomic mass is 16.5. The van der Waals surface area contributed by atoms with Crippen LogP contribution in [0.5, 0.6) is 0 Å². The summed E-state index contributed by atoms with van der Waals surface area (Å²) in [5.41, 5.74) is 2.86. The number of rotatable bonds is 8. The van der Waals surface area contributed by atoms with Crippen molar-refractivity contribution in [2.45, 2.75) is 72.6 Å². The number of carbonyl (C=O) groups is 2. The number of nitrogens with zero attached hydrogens (tertiary/aromatic N) is 4. The van der Waals surface area contributed by atoms with Gasteiger partial charge in [-0.15, -0.1) is 0 Å². The van der Waals surface area contributed by atoms with E-state index in [1.165, 1.54) is 0 Å². The van der Waals surface area contributed by atoms with Gasteiger partial charge in [-0.25, -0.2) is 4.98 Å². The molecule has 0 aromatic carbocycles. The first-order chi connectivity index (χ1) is 16.8. The zero-order chi connectivity index (χ0) is 26.3. The Kier molecular flexibility index (Phi) is 7.47. The van der Waals surface area contributed by atoms with Gasteiger partial charge < -0.3 is 19.6 Å². The summed E-state index contributed by atoms with van der Waals surface area (Å²) in [5.74, 6) is 0.440. The molecule has 1 saturated carbocycles. The van der Waals surface area contributed by atoms with E-state index in [4.69, 9.17) is 9.51 Å². The lowest BCUT2D eigenvalue weighted by molar-refractivity contribution is -0.126. The zero-order valence-electron chi connectivity index (χ0n) is 23.1. The number of carbonyl (C=O) groups excluding carboxylic acids is 2. The molecule has 36 heavy (non-hydrogen) atoms. The monoisotopic (exact) mass is 497 g/mol. The molecule has 0 spiro atoms. The van der Waals surface area contributed by atoms with Crippen LogP contribution in [0.3, 0.4) is 0 Å². The van der Waals surface area contributed by atoms with Gasteiger partial charge in [-0.05, 0) is 63.1 Å². The summed E-state index contributed by atoms with van der Waals surface area (Å²) >= 11 is 0. The molecule has 2 aliphatic rings. The number of likely N-dealkylation sites (tertiary alicyclic amines) is 1. The highest BCUT2D eigenvalue weighted by Gasteiger charge is 2.33. The minimum Gasteiger partial charge on any atom is -0.355 e. The molecule has 2 fully saturated rings. The van der Waals surface area contributed by atoms with Crippen LogP contribution in [-0.2, 0) is 11.2 Å². The maximum absolute atomic E-state index is 13.8. The average molecular weight is 498 g/mol. The van der Waals surface area contributed by atoms with Crippen molar-refractivity contribution < 1.29 is 14.1 Å². The van der Waals surface area contributed by atoms with E-state index in [0.717, 1.165) is 36.2 Å². The molecular weight excluding hydrogens is 454 g/mol. The molecule has 2 amide bonds. The van der Waals surface area contributed by atoms with Crippen LogP contribution in [0.25, 0.3) is 11.1 Å². The summed E-state index contributed by atoms with van der Waals surface area (Å²) in [6.07, 6.45) is 4.25. The van der Waals surface area contributed by atoms with Gasteiger partial charge in [-0.2, -0.15) is 0 Å². The molecule has 3 heterocycles. The molecule has 0 unspecified atom stereocenters. The first-order valence-electron chi connectivity index (χ1n) is 13.3. The van der Waals surface area contributed by atoms with Crippen molar-refractivity contribution in [3.05, 3.63) is 23.0 Å². The second kappa shape index (κ2) is 10.1. The van der Waals surface area contributed by atoms with Crippen LogP contribution in [-0.4, -0.2) is 72.0 Å². The lowest BCUT2D eigenvalue weighted by Gasteiger charge is -2.33. The third kappa shape index (κ3) is 6.44. The van der Waals surface area contributed by atoms with Gasteiger partial charge in [0.2, 0.25) is 5.91 Å². The molecule has 198 valence electrons. The van der Waals surface area contributed by atoms with Crippen molar-refractivity contribution in [1.29, 1.82) is 0 Å². The summed E-state index contributed by atoms with van der Waals surface area (Å²) < 4.78 is 5.63. The van der Waals surface area contributed by atoms with Crippen molar-refractivity contribution in [2.75, 3.05) is 40.3 Å². The fraction of sp³-hybridized carbons (Fsp3) is 0.714. The van der Waals surface area contributed by atoms with Crippen LogP contribution in [0, 0.1) is 16.7 Å². The van der Waals surface area contributed by atoms with Gasteiger partial charge in [0.1, 0.15) is 0 Å². The molecule has 1 aliphatic carbocycles. The largest absolute Gasteiger partial charge is 0.355 e. The summed E-state index contributed by atoms with van der Waals surface area (Å²) in [6.45, 7) is 13.5. The third-order valence-corrected chi connectivity index (χ3v) is 7.10. The van der Waals surface area contributed by atoms with E-state index < -0.39 is 0 Å². The van der Waals surface area contributed by atoms with Crippen LogP contribution < -0.4 is 5.32 Å². The first kappa shape index (κ1) is 26.6. The van der Waals surface area contributed by atoms with Gasteiger partial charge in [0.15, 0.2) is 0 Å². The SMILES string of the molecule is CN(C)CC(C)(C)CNC(=O)C1CCN(C(=O)c2cc(C3CC3)nc3onc(CC(C)(C)C)c23)CC1. The van der Waals surface area contributed by atoms with Crippen molar-refractivity contribution in [1.82, 2.24) is 25.3 Å². The number of pyridine rings is 1. The minimum atomic E-state index is -0.0595. The van der Waals surface area contributed by atoms with E-state index in [1.54, 1.807) is 0 Å². The van der Waals surface area contributed by atoms with Crippen LogP contribution in [0.15, 0.2) is 10.6 Å². The Hall–Kier alpha value is -2.48. The van der Waals surface area contributed by atoms with E-state index >= 15 is 0 Å². The molecule has 8 nitrogen and oxygen atoms in total. The number of aromatic nitrogens is 2. The maximum Gasteiger partial charge on any atom is 0.259 e. The fourth-order valence-electron chi connectivity index (χ4n) is 5.31. The number of amides is 2. The summed E-state index contributed by atoms with van der Waals surface area (Å²) in [6, 6.07) is 1.97. The number of nitrogens with one attached hydrogen (secondary N) is 1. The van der Waals surface area contributed by atoms with E-state index in [1.807, 2.05) is 25.1 Å². The quantitative estimate of drug-likeness (QED) is 0.586. The van der Waals surface area contributed by atoms with Crippen LogP contribution in [0.1, 0.15) is 88.0 Å². The molecule has 4 rings (SSSR count). The topological polar surface area (TPSA) is 91.6 Å². The predicted molar refractivity (Wildman–Crippen MR) is 141 cm³/mol. The summed E-state index contributed by atoms with van der Waals surface area (Å²) in [5, 5.41) is 8.22. The maximum atomic E-state index is 13.8. The van der Waals surface area contributed by atoms with E-state index in [2.05, 4.69) is 50.0 Å². The minimum absolute atomic E-state index is 0.00516. The summed E-state index contributed by atoms with van der Waals surface area (Å²) in [4.78, 5) is 35.4. The standard InChI is InChI=1S/C28H43N5O3/c1-27(2,3)15-22-23-20(14-21(18-8-9-18)30-25(23)36-31-22)26(35)33-12-10-19(11-13-33)24(34)29-16-28(4,5)17-32(6)7/h14,18-19H,8-13,15-17H2,1-7H3,(H,29,34). The van der Waals surface area contributed by atoms with Gasteiger partial charge in [-0.3, -0.25) is 9.59 Å². The lowest BCUT2D eigenvalue weighted by Crippen LogP contribution is -2.46. The predicted octanol–water partition coefficient (Wildman–Crippen LogP) is 4.25. The van der Waals surface area contributed by atoms with E-state index in [0.29, 0.717) is 56.1 Å². The van der Waals surface area contributed by atoms with Gasteiger partial charge in [-0.1, -0.05) is 39.8 Å². The third-order valence-electron chi connectivity index (χ3n) is 7.10. The second-order valence-corrected chi connectivity index (χ2v) is 13.1. The van der Waals surface area contributed by atoms with E-state index in [-0.39, 0.29) is 28.6 Å². The molecular formula is C28H43N5O3. The summed E-state index contributed by atoms with van der Waals surface area (Å²) in [7, 11) is 4.10. The van der Waals surface area contributed by atoms with Crippen molar-refractivity contribution >= 4 is 22.9 Å². The second-order valence-electron chi connectivity index (χ2n) is 13.1. The molecule has 2 aromatic rings. The van der Waals surface area contributed by atoms with Crippen molar-refractivity contribution in [3.8, 4) is 0 Å². The van der Waals surface area contributed by atoms with Crippen LogP contribution in [0.2, 0.25) is 0 Å². The normalized spacial score (nSPS) is 17.7. The Morgan fingerprint density at radius 3 is 2.36 bits per heavy atom. The van der Waals surface area contributed by atoms with Crippen molar-refractivity contribution in [2.24, 2.45) is 16.7 Å². The molecule has 1 saturated heterocycles. The Morgan fingerprint density at radius 1 is 1.11 bits per heavy atom. The number of fused-ring (bicyclic) bond motifs is 1. The zero-order valence-corrected chi connectivity index (χ0v) is 23.1. The Labute approximate surface area is 215 Å². The molecule has 1 N–H and O–H groups in total.